The van der Waals surface area contributed by atoms with Crippen LogP contribution in [0.4, 0.5) is 0 Å². The molecule has 1 unspecified atom stereocenters. The third kappa shape index (κ3) is 6.74. The zero-order chi connectivity index (χ0) is 32.5. The zero-order valence-electron chi connectivity index (χ0n) is 26.5. The minimum absolute atomic E-state index is 0.00975. The molecule has 246 valence electrons. The van der Waals surface area contributed by atoms with Gasteiger partial charge in [0.25, 0.3) is 14.1 Å². The maximum absolute atomic E-state index is 12.9. The highest BCUT2D eigenvalue weighted by Crippen LogP contribution is 2.59. The highest BCUT2D eigenvalue weighted by atomic mass is 31.2. The highest BCUT2D eigenvalue weighted by molar-refractivity contribution is 7.57. The monoisotopic (exact) mass is 685 g/mol. The minimum Gasteiger partial charge on any atom is -0.348 e. The summed E-state index contributed by atoms with van der Waals surface area (Å²) in [5.41, 5.74) is -0.629. The Balaban J connectivity index is 1.27. The number of nitrogens with one attached hydrogen (secondary N) is 1. The Labute approximate surface area is 271 Å². The average Bonchev–Trinajstić information content (AvgIpc) is 3.80. The largest absolute Gasteiger partial charge is 0.353 e. The van der Waals surface area contributed by atoms with E-state index < -0.39 is 53.9 Å². The van der Waals surface area contributed by atoms with Crippen LogP contribution < -0.4 is 21.6 Å². The Morgan fingerprint density at radius 3 is 2.35 bits per heavy atom. The molecule has 0 amide bonds. The lowest BCUT2D eigenvalue weighted by Gasteiger charge is -2.32. The second kappa shape index (κ2) is 13.9. The van der Waals surface area contributed by atoms with E-state index in [1.54, 1.807) is 13.0 Å². The van der Waals surface area contributed by atoms with Crippen LogP contribution in [0.5, 0.6) is 0 Å². The summed E-state index contributed by atoms with van der Waals surface area (Å²) in [6, 6.07) is 22.7. The van der Waals surface area contributed by atoms with Gasteiger partial charge in [-0.2, -0.15) is 0 Å². The van der Waals surface area contributed by atoms with Crippen LogP contribution in [-0.2, 0) is 27.4 Å². The summed E-state index contributed by atoms with van der Waals surface area (Å²) in [5, 5.41) is 2.73. The molecule has 1 aromatic heterocycles. The summed E-state index contributed by atoms with van der Waals surface area (Å²) in [5.74, 6) is 1.36. The summed E-state index contributed by atoms with van der Waals surface area (Å²) >= 11 is 0. The van der Waals surface area contributed by atoms with Gasteiger partial charge in [-0.1, -0.05) is 77.6 Å². The standard InChI is InChI=1S/C32H41N3O8P2Si/c1-23-21-34(32(37)33-31(23)36)30-20-28(27(41-30)17-19-45(38,39-2)40-3)42-44-35-18-11-16-26(35)29(43-44)22-46(4,24-12-7-5-8-13-24)25-14-9-6-10-15-25/h5-10,12-15,17,19,21,26-30H,11,16,18,20,22H2,1-4H3,(H,33,36,37)/b19-17+/t26-,27+,28?,29+,30+,44-/m0/s1. The molecule has 0 bridgehead atoms. The molecule has 1 N–H and O–H groups in total. The molecule has 0 spiro atoms. The van der Waals surface area contributed by atoms with Crippen molar-refractivity contribution < 1.29 is 27.4 Å². The van der Waals surface area contributed by atoms with E-state index in [2.05, 4.69) is 76.9 Å². The van der Waals surface area contributed by atoms with Crippen molar-refractivity contribution in [1.29, 1.82) is 0 Å². The van der Waals surface area contributed by atoms with Gasteiger partial charge < -0.3 is 22.8 Å². The average molecular weight is 686 g/mol. The fourth-order valence-corrected chi connectivity index (χ4v) is 13.4. The van der Waals surface area contributed by atoms with Crippen LogP contribution in [0.2, 0.25) is 12.6 Å². The van der Waals surface area contributed by atoms with Gasteiger partial charge in [0, 0.05) is 50.8 Å². The Kier molecular flexibility index (Phi) is 10.1. The molecule has 14 heteroatoms. The van der Waals surface area contributed by atoms with E-state index in [1.807, 2.05) is 0 Å². The molecule has 3 aromatic rings. The van der Waals surface area contributed by atoms with Gasteiger partial charge in [-0.25, -0.2) is 9.46 Å². The molecule has 0 aliphatic carbocycles. The van der Waals surface area contributed by atoms with Gasteiger partial charge in [-0.15, -0.1) is 0 Å². The molecule has 6 rings (SSSR count). The molecule has 3 aliphatic heterocycles. The van der Waals surface area contributed by atoms with E-state index >= 15 is 0 Å². The second-order valence-electron chi connectivity index (χ2n) is 12.2. The first kappa shape index (κ1) is 33.4. The number of aromatic nitrogens is 2. The van der Waals surface area contributed by atoms with Crippen molar-refractivity contribution in [3.8, 4) is 0 Å². The quantitative estimate of drug-likeness (QED) is 0.230. The van der Waals surface area contributed by atoms with Crippen LogP contribution in [0.25, 0.3) is 0 Å². The number of aromatic amines is 1. The summed E-state index contributed by atoms with van der Waals surface area (Å²) in [6.07, 6.45) is 3.58. The van der Waals surface area contributed by atoms with Gasteiger partial charge in [-0.05, 0) is 31.9 Å². The molecular formula is C32H41N3O8P2Si. The zero-order valence-corrected chi connectivity index (χ0v) is 29.3. The molecule has 4 heterocycles. The minimum atomic E-state index is -3.49. The summed E-state index contributed by atoms with van der Waals surface area (Å²) in [6.45, 7) is 4.93. The van der Waals surface area contributed by atoms with Gasteiger partial charge in [-0.3, -0.25) is 18.9 Å². The highest BCUT2D eigenvalue weighted by Gasteiger charge is 2.51. The number of hydrogen-bond acceptors (Lipinski definition) is 9. The Morgan fingerprint density at radius 1 is 1.07 bits per heavy atom. The molecule has 3 saturated heterocycles. The lowest BCUT2D eigenvalue weighted by atomic mass is 10.1. The van der Waals surface area contributed by atoms with Crippen LogP contribution >= 0.6 is 16.1 Å². The van der Waals surface area contributed by atoms with Gasteiger partial charge in [0.15, 0.2) is 0 Å². The van der Waals surface area contributed by atoms with E-state index in [4.69, 9.17) is 22.8 Å². The Hall–Kier alpha value is -2.50. The summed E-state index contributed by atoms with van der Waals surface area (Å²) < 4.78 is 46.7. The van der Waals surface area contributed by atoms with Gasteiger partial charge >= 0.3 is 13.3 Å². The normalized spacial score (nSPS) is 27.0. The van der Waals surface area contributed by atoms with Crippen molar-refractivity contribution in [3.05, 3.63) is 105 Å². The van der Waals surface area contributed by atoms with Gasteiger partial charge in [0.1, 0.15) is 20.4 Å². The maximum Gasteiger partial charge on any atom is 0.353 e. The fraction of sp³-hybridized carbons (Fsp3) is 0.438. The van der Waals surface area contributed by atoms with Crippen molar-refractivity contribution in [2.24, 2.45) is 0 Å². The van der Waals surface area contributed by atoms with Crippen molar-refractivity contribution in [1.82, 2.24) is 14.2 Å². The van der Waals surface area contributed by atoms with Crippen molar-refractivity contribution in [3.63, 3.8) is 0 Å². The smallest absolute Gasteiger partial charge is 0.348 e. The Bertz CT molecular complexity index is 1660. The van der Waals surface area contributed by atoms with Crippen molar-refractivity contribution in [2.75, 3.05) is 20.8 Å². The molecule has 3 aliphatic rings. The lowest BCUT2D eigenvalue weighted by molar-refractivity contribution is 0.00704. The van der Waals surface area contributed by atoms with Crippen LogP contribution in [0.3, 0.4) is 0 Å². The van der Waals surface area contributed by atoms with Crippen molar-refractivity contribution in [2.45, 2.75) is 69.4 Å². The molecule has 6 atom stereocenters. The van der Waals surface area contributed by atoms with Gasteiger partial charge in [0.05, 0.1) is 12.2 Å². The molecular weight excluding hydrogens is 644 g/mol. The van der Waals surface area contributed by atoms with E-state index in [0.29, 0.717) is 12.0 Å². The first-order valence-electron chi connectivity index (χ1n) is 15.5. The predicted molar refractivity (Wildman–Crippen MR) is 180 cm³/mol. The van der Waals surface area contributed by atoms with Crippen LogP contribution in [0.15, 0.2) is 88.3 Å². The van der Waals surface area contributed by atoms with Gasteiger partial charge in [0.2, 0.25) is 0 Å². The van der Waals surface area contributed by atoms with E-state index in [-0.39, 0.29) is 12.1 Å². The van der Waals surface area contributed by atoms with E-state index in [9.17, 15) is 14.2 Å². The number of benzene rings is 2. The van der Waals surface area contributed by atoms with Crippen LogP contribution in [0.1, 0.15) is 31.1 Å². The number of rotatable bonds is 11. The first-order valence-corrected chi connectivity index (χ1v) is 21.0. The number of nitrogens with zero attached hydrogens (tertiary/aromatic N) is 2. The Morgan fingerprint density at radius 2 is 1.72 bits per heavy atom. The third-order valence-electron chi connectivity index (χ3n) is 9.33. The molecule has 11 nitrogen and oxygen atoms in total. The molecule has 0 radical (unpaired) electrons. The topological polar surface area (TPSA) is 121 Å². The molecule has 3 fully saturated rings. The lowest BCUT2D eigenvalue weighted by Crippen LogP contribution is -2.58. The summed E-state index contributed by atoms with van der Waals surface area (Å²) in [4.78, 5) is 27.2. The maximum atomic E-state index is 12.9. The number of H-pyrrole nitrogens is 1. The van der Waals surface area contributed by atoms with Crippen LogP contribution in [-0.4, -0.2) is 67.4 Å². The second-order valence-corrected chi connectivity index (χ2v) is 19.9. The number of aryl methyl sites for hydroxylation is 1. The first-order chi connectivity index (χ1) is 22.1. The molecule has 0 saturated carbocycles. The van der Waals surface area contributed by atoms with E-state index in [1.165, 1.54) is 41.2 Å². The fourth-order valence-electron chi connectivity index (χ4n) is 6.69. The number of ether oxygens (including phenoxy) is 1. The number of fused-ring (bicyclic) bond motifs is 1. The summed E-state index contributed by atoms with van der Waals surface area (Å²) in [7, 11) is -4.48. The van der Waals surface area contributed by atoms with Crippen LogP contribution in [0, 0.1) is 6.92 Å². The SMILES string of the molecule is COP(=O)(/C=C/[C@H]1O[C@@H](n2cc(C)c(=O)[nH]c2=O)CC1O[P@@]1O[C@H](C[Si](C)(c2ccccc2)c2ccccc2)[C@@H]2CCCN21)OC. The molecule has 2 aromatic carbocycles. The predicted octanol–water partition coefficient (Wildman–Crippen LogP) is 4.50. The molecule has 46 heavy (non-hydrogen) atoms. The third-order valence-corrected chi connectivity index (χ3v) is 17.1. The van der Waals surface area contributed by atoms with Crippen molar-refractivity contribution >= 4 is 34.6 Å². The van der Waals surface area contributed by atoms with E-state index in [0.717, 1.165) is 25.4 Å². The number of hydrogen-bond donors (Lipinski definition) is 1.